The van der Waals surface area contributed by atoms with Gasteiger partial charge in [0.1, 0.15) is 0 Å². The van der Waals surface area contributed by atoms with Crippen molar-refractivity contribution in [1.82, 2.24) is 25.1 Å². The first kappa shape index (κ1) is 20.6. The van der Waals surface area contributed by atoms with Gasteiger partial charge in [-0.1, -0.05) is 19.3 Å². The van der Waals surface area contributed by atoms with Gasteiger partial charge in [-0.05, 0) is 55.9 Å². The van der Waals surface area contributed by atoms with Crippen molar-refractivity contribution in [2.75, 3.05) is 12.3 Å². The Morgan fingerprint density at radius 3 is 2.63 bits per heavy atom. The van der Waals surface area contributed by atoms with Gasteiger partial charge in [-0.3, -0.25) is 4.79 Å². The van der Waals surface area contributed by atoms with Crippen molar-refractivity contribution in [3.8, 4) is 0 Å². The van der Waals surface area contributed by atoms with Crippen LogP contribution in [0.25, 0.3) is 0 Å². The number of nitrogens with zero attached hydrogens (tertiary/aromatic N) is 5. The first-order valence-corrected chi connectivity index (χ1v) is 11.7. The van der Waals surface area contributed by atoms with E-state index in [0.717, 1.165) is 62.4 Å². The van der Waals surface area contributed by atoms with Crippen LogP contribution in [0.3, 0.4) is 0 Å². The standard InChI is InChI=1S/C19H33N5O2S/c1-2-23(15-6-4-3-5-7-15)19(26)12-13-27-14-18-20-21-22-24(18)16-8-10-17(25)11-9-16/h15-17,25H,2-14H2,1H3. The molecule has 0 spiro atoms. The smallest absolute Gasteiger partial charge is 0.223 e. The highest BCUT2D eigenvalue weighted by molar-refractivity contribution is 7.98. The second-order valence-electron chi connectivity index (χ2n) is 7.78. The van der Waals surface area contributed by atoms with Crippen molar-refractivity contribution in [1.29, 1.82) is 0 Å². The van der Waals surface area contributed by atoms with E-state index in [1.165, 1.54) is 19.3 Å². The van der Waals surface area contributed by atoms with Gasteiger partial charge in [0.05, 0.1) is 17.9 Å². The zero-order chi connectivity index (χ0) is 19.1. The van der Waals surface area contributed by atoms with Gasteiger partial charge in [-0.25, -0.2) is 4.68 Å². The van der Waals surface area contributed by atoms with Crippen molar-refractivity contribution in [3.63, 3.8) is 0 Å². The fraction of sp³-hybridized carbons (Fsp3) is 0.895. The minimum atomic E-state index is -0.174. The average molecular weight is 396 g/mol. The van der Waals surface area contributed by atoms with Crippen LogP contribution in [0.4, 0.5) is 0 Å². The van der Waals surface area contributed by atoms with Crippen LogP contribution >= 0.6 is 11.8 Å². The molecule has 0 aliphatic heterocycles. The monoisotopic (exact) mass is 395 g/mol. The van der Waals surface area contributed by atoms with Crippen LogP contribution in [0, 0.1) is 0 Å². The highest BCUT2D eigenvalue weighted by Crippen LogP contribution is 2.29. The van der Waals surface area contributed by atoms with E-state index >= 15 is 0 Å². The number of tetrazole rings is 1. The van der Waals surface area contributed by atoms with Crippen molar-refractivity contribution in [3.05, 3.63) is 5.82 Å². The molecule has 1 aromatic heterocycles. The maximum absolute atomic E-state index is 12.6. The van der Waals surface area contributed by atoms with Crippen molar-refractivity contribution >= 4 is 17.7 Å². The maximum Gasteiger partial charge on any atom is 0.223 e. The van der Waals surface area contributed by atoms with Crippen LogP contribution in [0.5, 0.6) is 0 Å². The predicted octanol–water partition coefficient (Wildman–Crippen LogP) is 2.95. The molecule has 27 heavy (non-hydrogen) atoms. The minimum absolute atomic E-state index is 0.174. The van der Waals surface area contributed by atoms with Gasteiger partial charge >= 0.3 is 0 Å². The van der Waals surface area contributed by atoms with Crippen LogP contribution in [-0.2, 0) is 10.5 Å². The lowest BCUT2D eigenvalue weighted by molar-refractivity contribution is -0.133. The summed E-state index contributed by atoms with van der Waals surface area (Å²) >= 11 is 1.73. The summed E-state index contributed by atoms with van der Waals surface area (Å²) in [7, 11) is 0. The Kier molecular flexibility index (Phi) is 7.93. The molecule has 2 aliphatic rings. The molecular weight excluding hydrogens is 362 g/mol. The summed E-state index contributed by atoms with van der Waals surface area (Å²) in [6.45, 7) is 2.91. The first-order valence-electron chi connectivity index (χ1n) is 10.5. The molecule has 1 amide bonds. The van der Waals surface area contributed by atoms with Crippen molar-refractivity contribution < 1.29 is 9.90 Å². The number of carbonyl (C=O) groups is 1. The zero-order valence-corrected chi connectivity index (χ0v) is 17.2. The number of aliphatic hydroxyl groups excluding tert-OH is 1. The van der Waals surface area contributed by atoms with Crippen LogP contribution in [-0.4, -0.2) is 60.6 Å². The largest absolute Gasteiger partial charge is 0.393 e. The molecule has 0 saturated heterocycles. The van der Waals surface area contributed by atoms with Crippen LogP contribution in [0.15, 0.2) is 0 Å². The molecule has 0 bridgehead atoms. The average Bonchev–Trinajstić information content (AvgIpc) is 3.16. The van der Waals surface area contributed by atoms with Crippen molar-refractivity contribution in [2.45, 2.75) is 95.1 Å². The molecule has 2 fully saturated rings. The van der Waals surface area contributed by atoms with Gasteiger partial charge in [0.15, 0.2) is 5.82 Å². The highest BCUT2D eigenvalue weighted by atomic mass is 32.2. The summed E-state index contributed by atoms with van der Waals surface area (Å²) in [5.74, 6) is 2.71. The van der Waals surface area contributed by atoms with Gasteiger partial charge in [-0.15, -0.1) is 5.10 Å². The van der Waals surface area contributed by atoms with E-state index in [4.69, 9.17) is 0 Å². The van der Waals surface area contributed by atoms with Gasteiger partial charge in [0, 0.05) is 24.8 Å². The number of hydrogen-bond donors (Lipinski definition) is 1. The molecule has 7 nitrogen and oxygen atoms in total. The van der Waals surface area contributed by atoms with E-state index in [0.29, 0.717) is 18.5 Å². The Labute approximate surface area is 166 Å². The summed E-state index contributed by atoms with van der Waals surface area (Å²) in [6.07, 6.45) is 10.1. The number of rotatable bonds is 8. The zero-order valence-electron chi connectivity index (χ0n) is 16.4. The number of hydrogen-bond acceptors (Lipinski definition) is 6. The molecule has 8 heteroatoms. The van der Waals surface area contributed by atoms with Gasteiger partial charge < -0.3 is 10.0 Å². The highest BCUT2D eigenvalue weighted by Gasteiger charge is 2.25. The molecule has 2 saturated carbocycles. The number of aromatic nitrogens is 4. The van der Waals surface area contributed by atoms with Crippen LogP contribution in [0.1, 0.15) is 83.0 Å². The minimum Gasteiger partial charge on any atom is -0.393 e. The van der Waals surface area contributed by atoms with Gasteiger partial charge in [-0.2, -0.15) is 11.8 Å². The van der Waals surface area contributed by atoms with E-state index < -0.39 is 0 Å². The molecule has 1 aromatic rings. The molecule has 152 valence electrons. The van der Waals surface area contributed by atoms with Crippen molar-refractivity contribution in [2.24, 2.45) is 0 Å². The second-order valence-corrected chi connectivity index (χ2v) is 8.88. The fourth-order valence-corrected chi connectivity index (χ4v) is 5.23. The third-order valence-corrected chi connectivity index (χ3v) is 6.90. The molecule has 0 atom stereocenters. The summed E-state index contributed by atoms with van der Waals surface area (Å²) in [5.41, 5.74) is 0. The molecular formula is C19H33N5O2S. The third-order valence-electron chi connectivity index (χ3n) is 5.94. The van der Waals surface area contributed by atoms with Gasteiger partial charge in [0.2, 0.25) is 5.91 Å². The molecule has 1 N–H and O–H groups in total. The summed E-state index contributed by atoms with van der Waals surface area (Å²) in [6, 6.07) is 0.748. The Bertz CT molecular complexity index is 582. The molecule has 1 heterocycles. The Morgan fingerprint density at radius 2 is 1.93 bits per heavy atom. The predicted molar refractivity (Wildman–Crippen MR) is 106 cm³/mol. The molecule has 0 radical (unpaired) electrons. The van der Waals surface area contributed by atoms with E-state index in [9.17, 15) is 9.90 Å². The van der Waals surface area contributed by atoms with E-state index in [1.54, 1.807) is 11.8 Å². The summed E-state index contributed by atoms with van der Waals surface area (Å²) < 4.78 is 1.93. The van der Waals surface area contributed by atoms with Crippen LogP contribution < -0.4 is 0 Å². The maximum atomic E-state index is 12.6. The molecule has 0 aromatic carbocycles. The Hall–Kier alpha value is -1.15. The van der Waals surface area contributed by atoms with Gasteiger partial charge in [0.25, 0.3) is 0 Å². The quantitative estimate of drug-likeness (QED) is 0.681. The van der Waals surface area contributed by atoms with E-state index in [1.807, 2.05) is 4.68 Å². The lowest BCUT2D eigenvalue weighted by Crippen LogP contribution is -2.41. The summed E-state index contributed by atoms with van der Waals surface area (Å²) in [5, 5.41) is 21.9. The fourth-order valence-electron chi connectivity index (χ4n) is 4.39. The molecule has 3 rings (SSSR count). The lowest BCUT2D eigenvalue weighted by atomic mass is 9.93. The number of thioether (sulfide) groups is 1. The Balaban J connectivity index is 1.42. The number of aliphatic hydroxyl groups is 1. The number of carbonyl (C=O) groups excluding carboxylic acids is 1. The second kappa shape index (κ2) is 10.4. The first-order chi connectivity index (χ1) is 13.2. The molecule has 2 aliphatic carbocycles. The third kappa shape index (κ3) is 5.67. The topological polar surface area (TPSA) is 84.1 Å². The SMILES string of the molecule is CCN(C(=O)CCSCc1nnnn1C1CCC(O)CC1)C1CCCCC1. The normalized spacial score (nSPS) is 24.1. The Morgan fingerprint density at radius 1 is 1.19 bits per heavy atom. The lowest BCUT2D eigenvalue weighted by Gasteiger charge is -2.33. The van der Waals surface area contributed by atoms with Crippen LogP contribution in [0.2, 0.25) is 0 Å². The molecule has 0 unspecified atom stereocenters. The van der Waals surface area contributed by atoms with E-state index in [2.05, 4.69) is 27.3 Å². The summed E-state index contributed by atoms with van der Waals surface area (Å²) in [4.78, 5) is 14.7. The number of amides is 1. The van der Waals surface area contributed by atoms with E-state index in [-0.39, 0.29) is 12.0 Å².